The maximum Gasteiger partial charge on any atom is 0.230 e. The third-order valence-corrected chi connectivity index (χ3v) is 5.76. The summed E-state index contributed by atoms with van der Waals surface area (Å²) in [6, 6.07) is 0. The Hall–Kier alpha value is -1.58. The molecule has 2 bridgehead atoms. The number of hydrogen-bond donors (Lipinski definition) is 1. The quantitative estimate of drug-likeness (QED) is 0.668. The second-order valence-corrected chi connectivity index (χ2v) is 7.13. The van der Waals surface area contributed by atoms with E-state index in [-0.39, 0.29) is 16.7 Å². The normalized spacial score (nSPS) is 29.8. The van der Waals surface area contributed by atoms with Gasteiger partial charge in [0.1, 0.15) is 0 Å². The molecule has 2 aliphatic carbocycles. The summed E-state index contributed by atoms with van der Waals surface area (Å²) in [7, 11) is 0. The standard InChI is InChI=1S/C17H25N3O/c1-13-16(2,3)14-5-6-17(13,11-14)15(21)19-7-4-9-20-10-8-18-12-20/h8,10,12,14H,1,4-7,9,11H2,2-3H3,(H,19,21)/t14-,17-/m0/s1. The molecule has 1 heterocycles. The van der Waals surface area contributed by atoms with Gasteiger partial charge in [-0.2, -0.15) is 0 Å². The lowest BCUT2D eigenvalue weighted by Crippen LogP contribution is -2.42. The zero-order valence-corrected chi connectivity index (χ0v) is 13.1. The number of rotatable bonds is 5. The number of nitrogens with one attached hydrogen (secondary N) is 1. The van der Waals surface area contributed by atoms with E-state index >= 15 is 0 Å². The van der Waals surface area contributed by atoms with Gasteiger partial charge in [0.2, 0.25) is 5.91 Å². The van der Waals surface area contributed by atoms with Crippen molar-refractivity contribution < 1.29 is 4.79 Å². The molecule has 0 unspecified atom stereocenters. The smallest absolute Gasteiger partial charge is 0.230 e. The molecule has 2 saturated carbocycles. The third-order valence-electron chi connectivity index (χ3n) is 5.76. The van der Waals surface area contributed by atoms with E-state index in [9.17, 15) is 4.79 Å². The largest absolute Gasteiger partial charge is 0.355 e. The topological polar surface area (TPSA) is 46.9 Å². The van der Waals surface area contributed by atoms with Crippen LogP contribution in [0.3, 0.4) is 0 Å². The minimum atomic E-state index is -0.289. The number of imidazole rings is 1. The van der Waals surface area contributed by atoms with Gasteiger partial charge in [0.15, 0.2) is 0 Å². The van der Waals surface area contributed by atoms with Crippen molar-refractivity contribution in [3.05, 3.63) is 30.9 Å². The number of aryl methyl sites for hydroxylation is 1. The monoisotopic (exact) mass is 287 g/mol. The Morgan fingerprint density at radius 1 is 1.57 bits per heavy atom. The van der Waals surface area contributed by atoms with Gasteiger partial charge in [0, 0.05) is 25.5 Å². The molecule has 0 radical (unpaired) electrons. The Morgan fingerprint density at radius 3 is 3.00 bits per heavy atom. The maximum absolute atomic E-state index is 12.7. The molecule has 4 nitrogen and oxygen atoms in total. The van der Waals surface area contributed by atoms with E-state index in [0.29, 0.717) is 5.92 Å². The van der Waals surface area contributed by atoms with Gasteiger partial charge >= 0.3 is 0 Å². The minimum Gasteiger partial charge on any atom is -0.355 e. The van der Waals surface area contributed by atoms with Crippen LogP contribution in [0.1, 0.15) is 39.5 Å². The summed E-state index contributed by atoms with van der Waals surface area (Å²) in [5.74, 6) is 0.827. The van der Waals surface area contributed by atoms with E-state index in [0.717, 1.165) is 44.3 Å². The van der Waals surface area contributed by atoms with Crippen LogP contribution in [0.5, 0.6) is 0 Å². The first kappa shape index (κ1) is 14.4. The van der Waals surface area contributed by atoms with Gasteiger partial charge < -0.3 is 9.88 Å². The molecule has 2 atom stereocenters. The fourth-order valence-electron chi connectivity index (χ4n) is 4.19. The van der Waals surface area contributed by atoms with Gasteiger partial charge in [-0.05, 0) is 37.0 Å². The molecular weight excluding hydrogens is 262 g/mol. The van der Waals surface area contributed by atoms with Crippen molar-refractivity contribution in [2.24, 2.45) is 16.7 Å². The second kappa shape index (κ2) is 5.00. The van der Waals surface area contributed by atoms with E-state index < -0.39 is 0 Å². The Kier molecular flexibility index (Phi) is 3.42. The molecule has 0 aromatic carbocycles. The molecule has 1 N–H and O–H groups in total. The molecule has 0 aliphatic heterocycles. The Balaban J connectivity index is 1.55. The van der Waals surface area contributed by atoms with E-state index in [1.54, 1.807) is 6.20 Å². The molecule has 2 aliphatic rings. The highest BCUT2D eigenvalue weighted by Gasteiger charge is 2.60. The van der Waals surface area contributed by atoms with E-state index in [1.165, 1.54) is 0 Å². The summed E-state index contributed by atoms with van der Waals surface area (Å²) in [5.41, 5.74) is 0.980. The molecule has 2 fully saturated rings. The maximum atomic E-state index is 12.7. The Labute approximate surface area is 126 Å². The first-order valence-corrected chi connectivity index (χ1v) is 7.91. The molecule has 21 heavy (non-hydrogen) atoms. The van der Waals surface area contributed by atoms with Crippen molar-refractivity contribution in [1.82, 2.24) is 14.9 Å². The Morgan fingerprint density at radius 2 is 2.38 bits per heavy atom. The van der Waals surface area contributed by atoms with Crippen molar-refractivity contribution in [3.8, 4) is 0 Å². The average Bonchev–Trinajstić information content (AvgIpc) is 3.14. The minimum absolute atomic E-state index is 0.117. The van der Waals surface area contributed by atoms with E-state index in [1.807, 2.05) is 17.1 Å². The van der Waals surface area contributed by atoms with Gasteiger partial charge in [-0.25, -0.2) is 4.98 Å². The number of aromatic nitrogens is 2. The number of amides is 1. The van der Waals surface area contributed by atoms with Crippen molar-refractivity contribution in [3.63, 3.8) is 0 Å². The lowest BCUT2D eigenvalue weighted by Gasteiger charge is -2.37. The molecule has 0 spiro atoms. The predicted octanol–water partition coefficient (Wildman–Crippen LogP) is 2.77. The summed E-state index contributed by atoms with van der Waals surface area (Å²) in [5, 5.41) is 3.14. The number of carbonyl (C=O) groups excluding carboxylic acids is 1. The van der Waals surface area contributed by atoms with E-state index in [4.69, 9.17) is 0 Å². The summed E-state index contributed by atoms with van der Waals surface area (Å²) in [6.07, 6.45) is 9.60. The third kappa shape index (κ3) is 2.21. The van der Waals surface area contributed by atoms with Crippen LogP contribution in [0.4, 0.5) is 0 Å². The van der Waals surface area contributed by atoms with Crippen LogP contribution >= 0.6 is 0 Å². The van der Waals surface area contributed by atoms with Crippen LogP contribution in [0.25, 0.3) is 0 Å². The lowest BCUT2D eigenvalue weighted by molar-refractivity contribution is -0.128. The molecule has 114 valence electrons. The molecular formula is C17H25N3O. The van der Waals surface area contributed by atoms with Gasteiger partial charge in [-0.15, -0.1) is 0 Å². The molecule has 4 heteroatoms. The van der Waals surface area contributed by atoms with E-state index in [2.05, 4.69) is 30.7 Å². The average molecular weight is 287 g/mol. The fourth-order valence-corrected chi connectivity index (χ4v) is 4.19. The van der Waals surface area contributed by atoms with Crippen LogP contribution in [-0.4, -0.2) is 22.0 Å². The molecule has 3 rings (SSSR count). The predicted molar refractivity (Wildman–Crippen MR) is 82.5 cm³/mol. The van der Waals surface area contributed by atoms with Crippen LogP contribution in [-0.2, 0) is 11.3 Å². The van der Waals surface area contributed by atoms with Crippen molar-refractivity contribution in [2.45, 2.75) is 46.1 Å². The van der Waals surface area contributed by atoms with Crippen LogP contribution in [0, 0.1) is 16.7 Å². The number of hydrogen-bond acceptors (Lipinski definition) is 2. The number of fused-ring (bicyclic) bond motifs is 2. The van der Waals surface area contributed by atoms with Gasteiger partial charge in [-0.1, -0.05) is 26.0 Å². The van der Waals surface area contributed by atoms with Crippen LogP contribution in [0.2, 0.25) is 0 Å². The second-order valence-electron chi connectivity index (χ2n) is 7.13. The zero-order chi connectivity index (χ0) is 15.1. The molecule has 1 amide bonds. The summed E-state index contributed by atoms with van der Waals surface area (Å²) in [4.78, 5) is 16.7. The summed E-state index contributed by atoms with van der Waals surface area (Å²) >= 11 is 0. The van der Waals surface area contributed by atoms with Crippen LogP contribution in [0.15, 0.2) is 30.9 Å². The zero-order valence-electron chi connectivity index (χ0n) is 13.1. The number of nitrogens with zero attached hydrogens (tertiary/aromatic N) is 2. The van der Waals surface area contributed by atoms with Crippen molar-refractivity contribution in [1.29, 1.82) is 0 Å². The SMILES string of the molecule is C=C1C(C)(C)[C@H]2CC[C@]1(C(=O)NCCCn1ccnc1)C2. The number of carbonyl (C=O) groups is 1. The first-order chi connectivity index (χ1) is 9.97. The fraction of sp³-hybridized carbons (Fsp3) is 0.647. The van der Waals surface area contributed by atoms with Crippen molar-refractivity contribution in [2.75, 3.05) is 6.54 Å². The first-order valence-electron chi connectivity index (χ1n) is 7.91. The summed E-state index contributed by atoms with van der Waals surface area (Å²) in [6.45, 7) is 10.4. The van der Waals surface area contributed by atoms with Crippen molar-refractivity contribution >= 4 is 5.91 Å². The lowest BCUT2D eigenvalue weighted by atomic mass is 9.68. The van der Waals surface area contributed by atoms with Crippen LogP contribution < -0.4 is 5.32 Å². The molecule has 0 saturated heterocycles. The van der Waals surface area contributed by atoms with Gasteiger partial charge in [0.25, 0.3) is 0 Å². The highest BCUT2D eigenvalue weighted by atomic mass is 16.2. The highest BCUT2D eigenvalue weighted by molar-refractivity contribution is 5.87. The highest BCUT2D eigenvalue weighted by Crippen LogP contribution is 2.65. The van der Waals surface area contributed by atoms with Gasteiger partial charge in [0.05, 0.1) is 11.7 Å². The van der Waals surface area contributed by atoms with Gasteiger partial charge in [-0.3, -0.25) is 4.79 Å². The Bertz CT molecular complexity index is 546. The summed E-state index contributed by atoms with van der Waals surface area (Å²) < 4.78 is 2.04. The molecule has 1 aromatic heterocycles. The molecule has 1 aromatic rings.